The van der Waals surface area contributed by atoms with Crippen LogP contribution in [0.2, 0.25) is 10.0 Å². The van der Waals surface area contributed by atoms with Gasteiger partial charge in [-0.3, -0.25) is 4.79 Å². The molecule has 0 N–H and O–H groups in total. The van der Waals surface area contributed by atoms with Crippen LogP contribution in [0.15, 0.2) is 42.5 Å². The van der Waals surface area contributed by atoms with Gasteiger partial charge in [0.2, 0.25) is 5.78 Å². The average Bonchev–Trinajstić information content (AvgIpc) is 2.41. The number of ether oxygens (including phenoxy) is 1. The molecular weight excluding hydrogens is 295 g/mol. The first kappa shape index (κ1) is 14.9. The summed E-state index contributed by atoms with van der Waals surface area (Å²) in [7, 11) is 0. The fraction of sp³-hybridized carbons (Fsp3) is 0.188. The number of benzene rings is 2. The molecule has 0 amide bonds. The number of carbonyl (C=O) groups is 1. The van der Waals surface area contributed by atoms with Gasteiger partial charge >= 0.3 is 0 Å². The van der Waals surface area contributed by atoms with E-state index in [9.17, 15) is 4.79 Å². The Morgan fingerprint density at radius 1 is 1.15 bits per heavy atom. The second-order valence-corrected chi connectivity index (χ2v) is 5.39. The monoisotopic (exact) mass is 308 g/mol. The van der Waals surface area contributed by atoms with E-state index in [1.165, 1.54) is 0 Å². The number of Topliss-reactive ketones (excluding diaryl/α,β-unsaturated/α-hetero) is 1. The molecule has 0 saturated carbocycles. The van der Waals surface area contributed by atoms with Gasteiger partial charge in [0.05, 0.1) is 0 Å². The van der Waals surface area contributed by atoms with E-state index in [2.05, 4.69) is 0 Å². The van der Waals surface area contributed by atoms with Crippen molar-refractivity contribution in [1.82, 2.24) is 0 Å². The summed E-state index contributed by atoms with van der Waals surface area (Å²) in [4.78, 5) is 12.3. The lowest BCUT2D eigenvalue weighted by Crippen LogP contribution is -2.23. The normalized spacial score (nSPS) is 12.0. The summed E-state index contributed by atoms with van der Waals surface area (Å²) in [5.41, 5.74) is 1.47. The van der Waals surface area contributed by atoms with E-state index < -0.39 is 6.10 Å². The molecule has 0 aliphatic carbocycles. The van der Waals surface area contributed by atoms with Crippen molar-refractivity contribution in [3.63, 3.8) is 0 Å². The Morgan fingerprint density at radius 2 is 1.90 bits per heavy atom. The first-order valence-electron chi connectivity index (χ1n) is 6.20. The van der Waals surface area contributed by atoms with Crippen molar-refractivity contribution in [1.29, 1.82) is 0 Å². The van der Waals surface area contributed by atoms with Crippen molar-refractivity contribution in [3.8, 4) is 5.75 Å². The summed E-state index contributed by atoms with van der Waals surface area (Å²) >= 11 is 11.9. The smallest absolute Gasteiger partial charge is 0.203 e. The molecule has 0 aromatic heterocycles. The van der Waals surface area contributed by atoms with E-state index in [4.69, 9.17) is 27.9 Å². The number of halogens is 2. The van der Waals surface area contributed by atoms with Crippen LogP contribution in [0.25, 0.3) is 0 Å². The van der Waals surface area contributed by atoms with Gasteiger partial charge in [0.15, 0.2) is 6.10 Å². The van der Waals surface area contributed by atoms with E-state index in [0.29, 0.717) is 21.4 Å². The second kappa shape index (κ2) is 6.29. The fourth-order valence-electron chi connectivity index (χ4n) is 1.78. The van der Waals surface area contributed by atoms with Crippen molar-refractivity contribution in [2.24, 2.45) is 0 Å². The van der Waals surface area contributed by atoms with Gasteiger partial charge in [0, 0.05) is 15.6 Å². The number of rotatable bonds is 4. The van der Waals surface area contributed by atoms with Crippen molar-refractivity contribution in [2.75, 3.05) is 0 Å². The van der Waals surface area contributed by atoms with Crippen LogP contribution >= 0.6 is 23.2 Å². The maximum atomic E-state index is 12.3. The summed E-state index contributed by atoms with van der Waals surface area (Å²) in [5, 5.41) is 1.14. The highest BCUT2D eigenvalue weighted by molar-refractivity contribution is 6.31. The Balaban J connectivity index is 2.14. The van der Waals surface area contributed by atoms with Crippen molar-refractivity contribution < 1.29 is 9.53 Å². The summed E-state index contributed by atoms with van der Waals surface area (Å²) in [6, 6.07) is 12.2. The van der Waals surface area contributed by atoms with Gasteiger partial charge in [-0.05, 0) is 43.7 Å². The average molecular weight is 309 g/mol. The third-order valence-corrected chi connectivity index (χ3v) is 3.58. The molecule has 2 aromatic carbocycles. The number of carbonyl (C=O) groups excluding carboxylic acids is 1. The zero-order valence-electron chi connectivity index (χ0n) is 11.2. The zero-order valence-corrected chi connectivity index (χ0v) is 12.7. The molecule has 0 aliphatic rings. The van der Waals surface area contributed by atoms with E-state index in [-0.39, 0.29) is 5.78 Å². The molecule has 0 aliphatic heterocycles. The topological polar surface area (TPSA) is 26.3 Å². The molecule has 0 fully saturated rings. The number of hydrogen-bond acceptors (Lipinski definition) is 2. The maximum absolute atomic E-state index is 12.3. The molecule has 4 heteroatoms. The van der Waals surface area contributed by atoms with E-state index in [1.807, 2.05) is 13.0 Å². The Bertz CT molecular complexity index is 638. The maximum Gasteiger partial charge on any atom is 0.203 e. The highest BCUT2D eigenvalue weighted by Crippen LogP contribution is 2.21. The molecule has 1 unspecified atom stereocenters. The van der Waals surface area contributed by atoms with E-state index in [1.54, 1.807) is 43.3 Å². The van der Waals surface area contributed by atoms with Crippen molar-refractivity contribution >= 4 is 29.0 Å². The highest BCUT2D eigenvalue weighted by Gasteiger charge is 2.17. The first-order valence-corrected chi connectivity index (χ1v) is 6.95. The van der Waals surface area contributed by atoms with Gasteiger partial charge < -0.3 is 4.74 Å². The van der Waals surface area contributed by atoms with Gasteiger partial charge in [0.25, 0.3) is 0 Å². The van der Waals surface area contributed by atoms with Gasteiger partial charge in [-0.25, -0.2) is 0 Å². The Kier molecular flexibility index (Phi) is 4.69. The van der Waals surface area contributed by atoms with Crippen molar-refractivity contribution in [2.45, 2.75) is 20.0 Å². The van der Waals surface area contributed by atoms with Crippen LogP contribution in [0.4, 0.5) is 0 Å². The summed E-state index contributed by atoms with van der Waals surface area (Å²) in [6.07, 6.45) is -0.604. The molecule has 0 saturated heterocycles. The molecule has 2 rings (SSSR count). The fourth-order valence-corrected chi connectivity index (χ4v) is 2.14. The van der Waals surface area contributed by atoms with Gasteiger partial charge in [0.1, 0.15) is 5.75 Å². The lowest BCUT2D eigenvalue weighted by Gasteiger charge is -2.14. The van der Waals surface area contributed by atoms with E-state index >= 15 is 0 Å². The second-order valence-electron chi connectivity index (χ2n) is 4.55. The van der Waals surface area contributed by atoms with Gasteiger partial charge in [-0.2, -0.15) is 0 Å². The van der Waals surface area contributed by atoms with Crippen LogP contribution in [-0.4, -0.2) is 11.9 Å². The van der Waals surface area contributed by atoms with Gasteiger partial charge in [-0.1, -0.05) is 41.4 Å². The molecule has 2 nitrogen and oxygen atoms in total. The Morgan fingerprint density at radius 3 is 2.55 bits per heavy atom. The third kappa shape index (κ3) is 3.53. The minimum Gasteiger partial charge on any atom is -0.483 e. The number of ketones is 1. The lowest BCUT2D eigenvalue weighted by molar-refractivity contribution is 0.0818. The largest absolute Gasteiger partial charge is 0.483 e. The minimum atomic E-state index is -0.604. The first-order chi connectivity index (χ1) is 9.47. The highest BCUT2D eigenvalue weighted by atomic mass is 35.5. The van der Waals surface area contributed by atoms with Crippen LogP contribution in [0.1, 0.15) is 22.8 Å². The van der Waals surface area contributed by atoms with Crippen LogP contribution in [0.5, 0.6) is 5.75 Å². The molecule has 104 valence electrons. The third-order valence-electron chi connectivity index (χ3n) is 2.93. The minimum absolute atomic E-state index is 0.119. The van der Waals surface area contributed by atoms with Gasteiger partial charge in [-0.15, -0.1) is 0 Å². The predicted molar refractivity (Wildman–Crippen MR) is 82.1 cm³/mol. The SMILES string of the molecule is Cc1ccc(C(=O)C(C)Oc2cccc(Cl)c2)cc1Cl. The Hall–Kier alpha value is -1.51. The molecule has 20 heavy (non-hydrogen) atoms. The molecule has 2 aromatic rings. The predicted octanol–water partition coefficient (Wildman–Crippen LogP) is 4.95. The summed E-state index contributed by atoms with van der Waals surface area (Å²) in [6.45, 7) is 3.60. The van der Waals surface area contributed by atoms with E-state index in [0.717, 1.165) is 5.56 Å². The quantitative estimate of drug-likeness (QED) is 0.747. The standard InChI is InChI=1S/C16H14Cl2O2/c1-10-6-7-12(8-15(10)18)16(19)11(2)20-14-5-3-4-13(17)9-14/h3-9,11H,1-2H3. The summed E-state index contributed by atoms with van der Waals surface area (Å²) in [5.74, 6) is 0.448. The summed E-state index contributed by atoms with van der Waals surface area (Å²) < 4.78 is 5.60. The molecule has 0 spiro atoms. The van der Waals surface area contributed by atoms with Crippen LogP contribution in [-0.2, 0) is 0 Å². The zero-order chi connectivity index (χ0) is 14.7. The molecule has 0 heterocycles. The Labute approximate surface area is 128 Å². The number of aryl methyl sites for hydroxylation is 1. The lowest BCUT2D eigenvalue weighted by atomic mass is 10.1. The van der Waals surface area contributed by atoms with Crippen LogP contribution in [0.3, 0.4) is 0 Å². The van der Waals surface area contributed by atoms with Crippen LogP contribution in [0, 0.1) is 6.92 Å². The molecule has 0 radical (unpaired) electrons. The van der Waals surface area contributed by atoms with Crippen molar-refractivity contribution in [3.05, 3.63) is 63.6 Å². The van der Waals surface area contributed by atoms with Crippen LogP contribution < -0.4 is 4.74 Å². The molecule has 1 atom stereocenters. The number of hydrogen-bond donors (Lipinski definition) is 0. The molecule has 0 bridgehead atoms. The molecular formula is C16H14Cl2O2.